The Morgan fingerprint density at radius 3 is 2.30 bits per heavy atom. The van der Waals surface area contributed by atoms with Gasteiger partial charge in [-0.1, -0.05) is 12.1 Å². The molecule has 20 heavy (non-hydrogen) atoms. The summed E-state index contributed by atoms with van der Waals surface area (Å²) in [6, 6.07) is 5.37. The van der Waals surface area contributed by atoms with Gasteiger partial charge in [0.2, 0.25) is 0 Å². The molecule has 6 heteroatoms. The molecule has 2 aromatic rings. The highest BCUT2D eigenvalue weighted by atomic mass is 19.1. The van der Waals surface area contributed by atoms with Crippen LogP contribution < -0.4 is 4.74 Å². The van der Waals surface area contributed by atoms with E-state index in [-0.39, 0.29) is 11.3 Å². The van der Waals surface area contributed by atoms with Crippen LogP contribution in [0.1, 0.15) is 15.9 Å². The summed E-state index contributed by atoms with van der Waals surface area (Å²) < 4.78 is 45.8. The van der Waals surface area contributed by atoms with Gasteiger partial charge in [0.1, 0.15) is 0 Å². The molecule has 1 N–H and O–H groups in total. The minimum atomic E-state index is -1.48. The summed E-state index contributed by atoms with van der Waals surface area (Å²) in [5, 5.41) is 8.66. The smallest absolute Gasteiger partial charge is 0.335 e. The van der Waals surface area contributed by atoms with Gasteiger partial charge in [0, 0.05) is 0 Å². The molecular weight excluding hydrogens is 273 g/mol. The number of carboxylic acid groups (broad SMARTS) is 1. The molecule has 0 heterocycles. The lowest BCUT2D eigenvalue weighted by Gasteiger charge is -2.10. The maximum atomic E-state index is 13.7. The first-order valence-corrected chi connectivity index (χ1v) is 5.55. The highest BCUT2D eigenvalue weighted by Crippen LogP contribution is 2.31. The molecular formula is C14H9F3O3. The van der Waals surface area contributed by atoms with Crippen LogP contribution in [0.5, 0.6) is 11.5 Å². The lowest BCUT2D eigenvalue weighted by Crippen LogP contribution is -2.02. The van der Waals surface area contributed by atoms with E-state index in [0.717, 1.165) is 0 Å². The van der Waals surface area contributed by atoms with Crippen molar-refractivity contribution < 1.29 is 27.8 Å². The fourth-order valence-corrected chi connectivity index (χ4v) is 1.59. The first kappa shape index (κ1) is 13.9. The minimum absolute atomic E-state index is 0.255. The third-order valence-corrected chi connectivity index (χ3v) is 2.61. The largest absolute Gasteiger partial charge is 0.478 e. The van der Waals surface area contributed by atoms with Crippen LogP contribution in [-0.4, -0.2) is 11.1 Å². The molecule has 104 valence electrons. The molecule has 0 atom stereocenters. The molecule has 0 spiro atoms. The van der Waals surface area contributed by atoms with Gasteiger partial charge < -0.3 is 9.84 Å². The zero-order valence-electron chi connectivity index (χ0n) is 10.3. The lowest BCUT2D eigenvalue weighted by molar-refractivity contribution is 0.0695. The van der Waals surface area contributed by atoms with Crippen molar-refractivity contribution in [3.63, 3.8) is 0 Å². The summed E-state index contributed by atoms with van der Waals surface area (Å²) in [7, 11) is 0. The van der Waals surface area contributed by atoms with Crippen LogP contribution >= 0.6 is 0 Å². The molecule has 0 aliphatic carbocycles. The molecule has 0 saturated heterocycles. The molecule has 0 bridgehead atoms. The van der Waals surface area contributed by atoms with E-state index in [1.165, 1.54) is 25.1 Å². The summed E-state index contributed by atoms with van der Waals surface area (Å²) in [5.41, 5.74) is -0.303. The quantitative estimate of drug-likeness (QED) is 0.928. The topological polar surface area (TPSA) is 46.5 Å². The minimum Gasteiger partial charge on any atom is -0.478 e. The molecule has 0 radical (unpaired) electrons. The Bertz CT molecular complexity index is 660. The SMILES string of the molecule is Cc1cccc(Oc2c(F)cc(C(=O)O)cc2F)c1F. The third kappa shape index (κ3) is 2.59. The number of halogens is 3. The van der Waals surface area contributed by atoms with Crippen molar-refractivity contribution in [2.45, 2.75) is 6.92 Å². The molecule has 2 aromatic carbocycles. The number of carboxylic acids is 1. The Hall–Kier alpha value is -2.50. The summed E-state index contributed by atoms with van der Waals surface area (Å²) in [6.07, 6.45) is 0. The Kier molecular flexibility index (Phi) is 3.65. The molecule has 0 unspecified atom stereocenters. The maximum Gasteiger partial charge on any atom is 0.335 e. The van der Waals surface area contributed by atoms with Crippen LogP contribution in [0, 0.1) is 24.4 Å². The molecule has 0 aromatic heterocycles. The van der Waals surface area contributed by atoms with E-state index in [4.69, 9.17) is 9.84 Å². The fourth-order valence-electron chi connectivity index (χ4n) is 1.59. The Morgan fingerprint density at radius 1 is 1.15 bits per heavy atom. The Labute approximate surface area is 112 Å². The predicted molar refractivity (Wildman–Crippen MR) is 64.5 cm³/mol. The molecule has 0 aliphatic heterocycles. The van der Waals surface area contributed by atoms with Gasteiger partial charge in [-0.05, 0) is 30.7 Å². The summed E-state index contributed by atoms with van der Waals surface area (Å²) in [5.74, 6) is -5.85. The highest BCUT2D eigenvalue weighted by molar-refractivity contribution is 5.87. The van der Waals surface area contributed by atoms with Crippen LogP contribution in [0.15, 0.2) is 30.3 Å². The standard InChI is InChI=1S/C14H9F3O3/c1-7-3-2-4-11(12(7)17)20-13-9(15)5-8(14(18)19)6-10(13)16/h2-6H,1H3,(H,18,19). The number of rotatable bonds is 3. The monoisotopic (exact) mass is 282 g/mol. The number of hydrogen-bond donors (Lipinski definition) is 1. The number of hydrogen-bond acceptors (Lipinski definition) is 2. The van der Waals surface area contributed by atoms with Crippen molar-refractivity contribution >= 4 is 5.97 Å². The van der Waals surface area contributed by atoms with E-state index in [1.54, 1.807) is 0 Å². The number of aromatic carboxylic acids is 1. The molecule has 0 amide bonds. The van der Waals surface area contributed by atoms with E-state index in [1.807, 2.05) is 0 Å². The van der Waals surface area contributed by atoms with Crippen LogP contribution in [0.3, 0.4) is 0 Å². The van der Waals surface area contributed by atoms with Crippen LogP contribution in [0.4, 0.5) is 13.2 Å². The van der Waals surface area contributed by atoms with Gasteiger partial charge >= 0.3 is 5.97 Å². The normalized spacial score (nSPS) is 10.4. The molecule has 2 rings (SSSR count). The average Bonchev–Trinajstić information content (AvgIpc) is 2.38. The predicted octanol–water partition coefficient (Wildman–Crippen LogP) is 3.90. The van der Waals surface area contributed by atoms with Crippen molar-refractivity contribution in [3.8, 4) is 11.5 Å². The van der Waals surface area contributed by atoms with E-state index in [0.29, 0.717) is 12.1 Å². The number of benzene rings is 2. The van der Waals surface area contributed by atoms with Gasteiger partial charge in [0.25, 0.3) is 0 Å². The first-order valence-electron chi connectivity index (χ1n) is 5.55. The molecule has 0 aliphatic rings. The number of aryl methyl sites for hydroxylation is 1. The van der Waals surface area contributed by atoms with Crippen molar-refractivity contribution in [1.29, 1.82) is 0 Å². The zero-order valence-corrected chi connectivity index (χ0v) is 10.3. The first-order chi connectivity index (χ1) is 9.40. The van der Waals surface area contributed by atoms with E-state index >= 15 is 0 Å². The summed E-state index contributed by atoms with van der Waals surface area (Å²) >= 11 is 0. The number of ether oxygens (including phenoxy) is 1. The zero-order chi connectivity index (χ0) is 14.9. The Balaban J connectivity index is 2.44. The molecule has 0 fully saturated rings. The summed E-state index contributed by atoms with van der Waals surface area (Å²) in [6.45, 7) is 1.47. The maximum absolute atomic E-state index is 13.7. The van der Waals surface area contributed by atoms with Gasteiger partial charge in [-0.3, -0.25) is 0 Å². The summed E-state index contributed by atoms with van der Waals surface area (Å²) in [4.78, 5) is 10.6. The average molecular weight is 282 g/mol. The lowest BCUT2D eigenvalue weighted by atomic mass is 10.2. The van der Waals surface area contributed by atoms with E-state index < -0.39 is 34.7 Å². The second-order valence-electron chi connectivity index (χ2n) is 4.06. The van der Waals surface area contributed by atoms with Crippen molar-refractivity contribution in [2.75, 3.05) is 0 Å². The van der Waals surface area contributed by atoms with Gasteiger partial charge in [0.15, 0.2) is 29.0 Å². The fraction of sp³-hybridized carbons (Fsp3) is 0.0714. The van der Waals surface area contributed by atoms with Crippen molar-refractivity contribution in [2.24, 2.45) is 0 Å². The van der Waals surface area contributed by atoms with Crippen molar-refractivity contribution in [3.05, 3.63) is 58.9 Å². The van der Waals surface area contributed by atoms with Gasteiger partial charge in [-0.15, -0.1) is 0 Å². The van der Waals surface area contributed by atoms with Crippen LogP contribution in [0.2, 0.25) is 0 Å². The second-order valence-corrected chi connectivity index (χ2v) is 4.06. The number of carbonyl (C=O) groups is 1. The second kappa shape index (κ2) is 5.24. The van der Waals surface area contributed by atoms with Crippen molar-refractivity contribution in [1.82, 2.24) is 0 Å². The molecule has 3 nitrogen and oxygen atoms in total. The third-order valence-electron chi connectivity index (χ3n) is 2.61. The van der Waals surface area contributed by atoms with Gasteiger partial charge in [-0.2, -0.15) is 0 Å². The molecule has 0 saturated carbocycles. The van der Waals surface area contributed by atoms with Gasteiger partial charge in [0.05, 0.1) is 5.56 Å². The highest BCUT2D eigenvalue weighted by Gasteiger charge is 2.18. The van der Waals surface area contributed by atoms with Crippen LogP contribution in [-0.2, 0) is 0 Å². The van der Waals surface area contributed by atoms with E-state index in [2.05, 4.69) is 0 Å². The van der Waals surface area contributed by atoms with Gasteiger partial charge in [-0.25, -0.2) is 18.0 Å². The Morgan fingerprint density at radius 2 is 1.75 bits per heavy atom. The van der Waals surface area contributed by atoms with E-state index in [9.17, 15) is 18.0 Å². The van der Waals surface area contributed by atoms with Crippen LogP contribution in [0.25, 0.3) is 0 Å².